The van der Waals surface area contributed by atoms with Gasteiger partial charge in [-0.2, -0.15) is 39.5 Å². The lowest BCUT2D eigenvalue weighted by Gasteiger charge is -2.29. The number of rotatable bonds is 6. The summed E-state index contributed by atoms with van der Waals surface area (Å²) in [4.78, 5) is 29.4. The van der Waals surface area contributed by atoms with Gasteiger partial charge in [-0.3, -0.25) is 19.9 Å². The highest BCUT2D eigenvalue weighted by Crippen LogP contribution is 2.49. The first kappa shape index (κ1) is 31.2. The molecule has 3 aromatic rings. The Labute approximate surface area is 239 Å². The summed E-state index contributed by atoms with van der Waals surface area (Å²) in [6.45, 7) is -2.38. The number of alkyl halides is 9. The van der Waals surface area contributed by atoms with Crippen molar-refractivity contribution in [2.45, 2.75) is 24.1 Å². The summed E-state index contributed by atoms with van der Waals surface area (Å²) in [5, 5.41) is 4.18. The lowest BCUT2D eigenvalue weighted by molar-refractivity contribution is -0.269. The second-order valence-corrected chi connectivity index (χ2v) is 9.92. The third kappa shape index (κ3) is 6.48. The minimum atomic E-state index is -5.23. The summed E-state index contributed by atoms with van der Waals surface area (Å²) in [6.07, 6.45) is -14.2. The van der Waals surface area contributed by atoms with E-state index in [9.17, 15) is 49.1 Å². The Hall–Kier alpha value is -3.79. The molecule has 0 saturated carbocycles. The number of hydrogen-bond donors (Lipinski definition) is 3. The molecule has 1 atom stereocenters. The van der Waals surface area contributed by atoms with Crippen LogP contribution < -0.4 is 16.1 Å². The number of hydroxylamine groups is 1. The van der Waals surface area contributed by atoms with Crippen molar-refractivity contribution in [3.05, 3.63) is 87.4 Å². The summed E-state index contributed by atoms with van der Waals surface area (Å²) in [5.41, 5.74) is -3.61. The van der Waals surface area contributed by atoms with Crippen LogP contribution >= 0.6 is 15.9 Å². The molecule has 1 unspecified atom stereocenters. The molecule has 0 radical (unpaired) electrons. The minimum Gasteiger partial charge on any atom is -0.345 e. The van der Waals surface area contributed by atoms with E-state index in [1.165, 1.54) is 36.4 Å². The molecule has 6 nitrogen and oxygen atoms in total. The first-order valence-corrected chi connectivity index (χ1v) is 12.5. The molecule has 0 fully saturated rings. The van der Waals surface area contributed by atoms with E-state index in [4.69, 9.17) is 4.84 Å². The fraction of sp³-hybridized carbons (Fsp3) is 0.231. The molecule has 16 heteroatoms. The SMILES string of the molecule is O=C(CNC(=O)c1ccc(C2=CC(c3cc(Br)cc(C(F)(F)F)c3)(C(F)(F)F)ON2)c2ccccc12)NCC(F)(F)F. The van der Waals surface area contributed by atoms with Gasteiger partial charge in [-0.05, 0) is 41.1 Å². The molecular formula is C26H17BrF9N3O3. The highest BCUT2D eigenvalue weighted by Gasteiger charge is 2.60. The summed E-state index contributed by atoms with van der Waals surface area (Å²) < 4.78 is 120. The molecule has 2 amide bonds. The van der Waals surface area contributed by atoms with Crippen molar-refractivity contribution in [3.63, 3.8) is 0 Å². The van der Waals surface area contributed by atoms with Crippen LogP contribution in [0.5, 0.6) is 0 Å². The Morgan fingerprint density at radius 2 is 1.55 bits per heavy atom. The predicted molar refractivity (Wildman–Crippen MR) is 134 cm³/mol. The number of nitrogens with one attached hydrogen (secondary N) is 3. The molecule has 0 saturated heterocycles. The molecule has 1 aliphatic heterocycles. The third-order valence-electron chi connectivity index (χ3n) is 6.10. The van der Waals surface area contributed by atoms with E-state index in [1.54, 1.807) is 5.32 Å². The van der Waals surface area contributed by atoms with Gasteiger partial charge < -0.3 is 10.6 Å². The van der Waals surface area contributed by atoms with Crippen LogP contribution in [0.4, 0.5) is 39.5 Å². The minimum absolute atomic E-state index is 0.0543. The fourth-order valence-corrected chi connectivity index (χ4v) is 4.69. The standard InChI is InChI=1S/C26H17BrF9N3O3/c27-15-8-13(7-14(9-15)25(31,32)33)23(26(34,35)36)10-20(39-42-23)18-5-6-19(17-4-2-1-3-16(17)18)22(41)37-11-21(40)38-12-24(28,29)30/h1-10,39H,11-12H2,(H,37,41)(H,38,40). The van der Waals surface area contributed by atoms with Gasteiger partial charge in [-0.1, -0.05) is 46.3 Å². The second kappa shape index (κ2) is 11.1. The molecule has 4 rings (SSSR count). The van der Waals surface area contributed by atoms with Gasteiger partial charge in [-0.15, -0.1) is 0 Å². The summed E-state index contributed by atoms with van der Waals surface area (Å²) in [5.74, 6) is -1.97. The fourth-order valence-electron chi connectivity index (χ4n) is 4.19. The van der Waals surface area contributed by atoms with Crippen LogP contribution in [-0.2, 0) is 21.4 Å². The average Bonchev–Trinajstić information content (AvgIpc) is 3.36. The quantitative estimate of drug-likeness (QED) is 0.267. The van der Waals surface area contributed by atoms with Crippen LogP contribution in [0.25, 0.3) is 16.5 Å². The molecule has 1 aliphatic rings. The van der Waals surface area contributed by atoms with E-state index < -0.39 is 60.2 Å². The van der Waals surface area contributed by atoms with Crippen LogP contribution in [0.1, 0.15) is 27.0 Å². The molecule has 3 N–H and O–H groups in total. The van der Waals surface area contributed by atoms with Crippen molar-refractivity contribution < 1.29 is 53.9 Å². The number of amides is 2. The Bertz CT molecular complexity index is 1570. The first-order chi connectivity index (χ1) is 19.4. The average molecular weight is 670 g/mol. The Balaban J connectivity index is 1.71. The number of benzene rings is 3. The predicted octanol–water partition coefficient (Wildman–Crippen LogP) is 6.36. The molecule has 0 bridgehead atoms. The normalized spacial score (nSPS) is 17.5. The summed E-state index contributed by atoms with van der Waals surface area (Å²) in [7, 11) is 0. The zero-order chi connectivity index (χ0) is 31.1. The topological polar surface area (TPSA) is 79.5 Å². The molecule has 3 aromatic carbocycles. The molecule has 224 valence electrons. The molecule has 0 aromatic heterocycles. The van der Waals surface area contributed by atoms with Crippen molar-refractivity contribution in [1.29, 1.82) is 0 Å². The van der Waals surface area contributed by atoms with Crippen LogP contribution in [0.3, 0.4) is 0 Å². The van der Waals surface area contributed by atoms with Gasteiger partial charge in [0.25, 0.3) is 5.91 Å². The Morgan fingerprint density at radius 1 is 0.881 bits per heavy atom. The monoisotopic (exact) mass is 669 g/mol. The lowest BCUT2D eigenvalue weighted by atomic mass is 9.89. The second-order valence-electron chi connectivity index (χ2n) is 9.00. The van der Waals surface area contributed by atoms with E-state index in [1.807, 2.05) is 0 Å². The zero-order valence-electron chi connectivity index (χ0n) is 20.7. The van der Waals surface area contributed by atoms with E-state index in [2.05, 4.69) is 26.7 Å². The van der Waals surface area contributed by atoms with Crippen molar-refractivity contribution in [1.82, 2.24) is 16.1 Å². The maximum Gasteiger partial charge on any atom is 0.428 e. The van der Waals surface area contributed by atoms with E-state index in [0.717, 1.165) is 6.07 Å². The molecule has 42 heavy (non-hydrogen) atoms. The number of carbonyl (C=O) groups is 2. The number of hydrogen-bond acceptors (Lipinski definition) is 4. The van der Waals surface area contributed by atoms with Gasteiger partial charge in [0.2, 0.25) is 11.5 Å². The van der Waals surface area contributed by atoms with Gasteiger partial charge in [0.15, 0.2) is 0 Å². The van der Waals surface area contributed by atoms with Gasteiger partial charge >= 0.3 is 18.5 Å². The highest BCUT2D eigenvalue weighted by molar-refractivity contribution is 9.10. The van der Waals surface area contributed by atoms with Crippen molar-refractivity contribution in [3.8, 4) is 0 Å². The number of halogens is 10. The highest BCUT2D eigenvalue weighted by atomic mass is 79.9. The summed E-state index contributed by atoms with van der Waals surface area (Å²) >= 11 is 2.82. The maximum absolute atomic E-state index is 14.5. The molecule has 1 heterocycles. The van der Waals surface area contributed by atoms with Gasteiger partial charge in [-0.25, -0.2) is 0 Å². The van der Waals surface area contributed by atoms with Crippen LogP contribution in [0.2, 0.25) is 0 Å². The van der Waals surface area contributed by atoms with Gasteiger partial charge in [0.05, 0.1) is 17.8 Å². The van der Waals surface area contributed by atoms with Gasteiger partial charge in [0, 0.05) is 21.2 Å². The van der Waals surface area contributed by atoms with Gasteiger partial charge in [0.1, 0.15) is 6.54 Å². The third-order valence-corrected chi connectivity index (χ3v) is 6.56. The number of carbonyl (C=O) groups excluding carboxylic acids is 2. The largest absolute Gasteiger partial charge is 0.428 e. The molecule has 0 aliphatic carbocycles. The molecular weight excluding hydrogens is 653 g/mol. The Morgan fingerprint density at radius 3 is 2.17 bits per heavy atom. The number of fused-ring (bicyclic) bond motifs is 1. The van der Waals surface area contributed by atoms with Crippen molar-refractivity contribution in [2.75, 3.05) is 13.1 Å². The van der Waals surface area contributed by atoms with E-state index in [0.29, 0.717) is 18.2 Å². The van der Waals surface area contributed by atoms with Crippen molar-refractivity contribution in [2.24, 2.45) is 0 Å². The Kier molecular flexibility index (Phi) is 8.25. The maximum atomic E-state index is 14.5. The zero-order valence-corrected chi connectivity index (χ0v) is 22.3. The molecule has 0 spiro atoms. The van der Waals surface area contributed by atoms with Crippen LogP contribution in [0, 0.1) is 0 Å². The first-order valence-electron chi connectivity index (χ1n) is 11.7. The van der Waals surface area contributed by atoms with E-state index >= 15 is 0 Å². The lowest BCUT2D eigenvalue weighted by Crippen LogP contribution is -2.42. The van der Waals surface area contributed by atoms with Crippen molar-refractivity contribution >= 4 is 44.2 Å². The smallest absolute Gasteiger partial charge is 0.345 e. The van der Waals surface area contributed by atoms with Crippen LogP contribution in [-0.4, -0.2) is 37.3 Å². The summed E-state index contributed by atoms with van der Waals surface area (Å²) in [6, 6.07) is 10.2. The van der Waals surface area contributed by atoms with Crippen LogP contribution in [0.15, 0.2) is 65.1 Å². The van der Waals surface area contributed by atoms with E-state index in [-0.39, 0.29) is 32.1 Å².